The van der Waals surface area contributed by atoms with Crippen molar-refractivity contribution in [3.63, 3.8) is 0 Å². The Morgan fingerprint density at radius 2 is 2.31 bits per heavy atom. The van der Waals surface area contributed by atoms with Crippen LogP contribution in [0.2, 0.25) is 0 Å². The van der Waals surface area contributed by atoms with Crippen LogP contribution in [0.25, 0.3) is 4.96 Å². The van der Waals surface area contributed by atoms with Crippen molar-refractivity contribution in [2.24, 2.45) is 5.73 Å². The number of hydrogen-bond donors (Lipinski definition) is 2. The third kappa shape index (κ3) is 1.43. The van der Waals surface area contributed by atoms with Gasteiger partial charge in [-0.25, -0.2) is 0 Å². The number of nitrogens with two attached hydrogens (primary N) is 1. The minimum Gasteiger partial charge on any atom is -0.385 e. The number of aliphatic hydroxyl groups excluding tert-OH is 1. The van der Waals surface area contributed by atoms with Gasteiger partial charge in [0.25, 0.3) is 0 Å². The number of aliphatic hydroxyl groups is 1. The molecule has 2 aromatic heterocycles. The molecule has 3 rings (SSSR count). The summed E-state index contributed by atoms with van der Waals surface area (Å²) in [5.74, 6) is 1.41. The summed E-state index contributed by atoms with van der Waals surface area (Å²) in [7, 11) is 0. The molecule has 2 heterocycles. The van der Waals surface area contributed by atoms with Crippen LogP contribution in [0.4, 0.5) is 0 Å². The van der Waals surface area contributed by atoms with Gasteiger partial charge < -0.3 is 10.8 Å². The summed E-state index contributed by atoms with van der Waals surface area (Å²) in [6.45, 7) is 0.183. The fourth-order valence-electron chi connectivity index (χ4n) is 1.80. The topological polar surface area (TPSA) is 89.3 Å². The van der Waals surface area contributed by atoms with Crippen molar-refractivity contribution in [3.8, 4) is 0 Å². The molecule has 1 atom stereocenters. The van der Waals surface area contributed by atoms with Gasteiger partial charge in [0.2, 0.25) is 4.96 Å². The smallest absolute Gasteiger partial charge is 0.234 e. The molecule has 0 spiro atoms. The highest BCUT2D eigenvalue weighted by Crippen LogP contribution is 2.35. The summed E-state index contributed by atoms with van der Waals surface area (Å²) >= 11 is 1.35. The van der Waals surface area contributed by atoms with Gasteiger partial charge in [-0.2, -0.15) is 9.61 Å². The summed E-state index contributed by atoms with van der Waals surface area (Å²) in [6, 6.07) is 0. The van der Waals surface area contributed by atoms with Crippen LogP contribution in [0.3, 0.4) is 0 Å². The van der Waals surface area contributed by atoms with Gasteiger partial charge in [-0.05, 0) is 12.8 Å². The summed E-state index contributed by atoms with van der Waals surface area (Å²) in [6.07, 6.45) is 2.88. The predicted molar refractivity (Wildman–Crippen MR) is 59.3 cm³/mol. The third-order valence-electron chi connectivity index (χ3n) is 3.01. The molecule has 1 unspecified atom stereocenters. The Bertz CT molecular complexity index is 503. The number of aromatic nitrogens is 4. The zero-order valence-electron chi connectivity index (χ0n) is 8.70. The van der Waals surface area contributed by atoms with Gasteiger partial charge in [-0.1, -0.05) is 17.8 Å². The van der Waals surface area contributed by atoms with E-state index in [2.05, 4.69) is 15.3 Å². The third-order valence-corrected chi connectivity index (χ3v) is 4.01. The van der Waals surface area contributed by atoms with Gasteiger partial charge >= 0.3 is 0 Å². The normalized spacial score (nSPS) is 18.9. The molecular weight excluding hydrogens is 226 g/mol. The van der Waals surface area contributed by atoms with Gasteiger partial charge in [0.1, 0.15) is 11.1 Å². The van der Waals surface area contributed by atoms with Crippen LogP contribution in [-0.4, -0.2) is 31.5 Å². The molecule has 1 saturated carbocycles. The first-order valence-electron chi connectivity index (χ1n) is 5.39. The fraction of sp³-hybridized carbons (Fsp3) is 0.667. The quantitative estimate of drug-likeness (QED) is 0.811. The SMILES string of the molecule is NCC(O)c1nn2c(C3CCC3)nnc2s1. The number of fused-ring (bicyclic) bond motifs is 1. The van der Waals surface area contributed by atoms with E-state index in [4.69, 9.17) is 5.73 Å². The number of nitrogens with zero attached hydrogens (tertiary/aromatic N) is 4. The van der Waals surface area contributed by atoms with E-state index in [1.54, 1.807) is 4.52 Å². The summed E-state index contributed by atoms with van der Waals surface area (Å²) in [5, 5.41) is 22.8. The zero-order valence-corrected chi connectivity index (χ0v) is 9.52. The van der Waals surface area contributed by atoms with Crippen LogP contribution < -0.4 is 5.73 Å². The Kier molecular flexibility index (Phi) is 2.38. The van der Waals surface area contributed by atoms with E-state index < -0.39 is 6.10 Å². The van der Waals surface area contributed by atoms with Crippen LogP contribution in [-0.2, 0) is 0 Å². The Labute approximate surface area is 96.1 Å². The standard InChI is InChI=1S/C9H13N5OS/c10-4-6(15)8-13-14-7(5-2-1-3-5)11-12-9(14)16-8/h5-6,15H,1-4,10H2. The largest absolute Gasteiger partial charge is 0.385 e. The minimum absolute atomic E-state index is 0.183. The van der Waals surface area contributed by atoms with Gasteiger partial charge in [0.15, 0.2) is 5.82 Å². The van der Waals surface area contributed by atoms with Crippen LogP contribution in [0.15, 0.2) is 0 Å². The molecular formula is C9H13N5OS. The van der Waals surface area contributed by atoms with Crippen molar-refractivity contribution in [2.75, 3.05) is 6.54 Å². The predicted octanol–water partition coefficient (Wildman–Crippen LogP) is 0.445. The lowest BCUT2D eigenvalue weighted by atomic mass is 9.85. The molecule has 0 aliphatic heterocycles. The molecule has 3 N–H and O–H groups in total. The van der Waals surface area contributed by atoms with Crippen molar-refractivity contribution in [1.29, 1.82) is 0 Å². The van der Waals surface area contributed by atoms with Crippen molar-refractivity contribution < 1.29 is 5.11 Å². The van der Waals surface area contributed by atoms with E-state index >= 15 is 0 Å². The van der Waals surface area contributed by atoms with E-state index in [-0.39, 0.29) is 6.54 Å². The molecule has 0 amide bonds. The van der Waals surface area contributed by atoms with E-state index in [9.17, 15) is 5.11 Å². The number of rotatable bonds is 3. The maximum absolute atomic E-state index is 9.61. The molecule has 0 radical (unpaired) electrons. The summed E-state index contributed by atoms with van der Waals surface area (Å²) in [5.41, 5.74) is 5.40. The van der Waals surface area contributed by atoms with Gasteiger partial charge in [0, 0.05) is 12.5 Å². The van der Waals surface area contributed by atoms with Crippen molar-refractivity contribution in [3.05, 3.63) is 10.8 Å². The molecule has 1 aliphatic carbocycles. The van der Waals surface area contributed by atoms with Crippen LogP contribution in [0.5, 0.6) is 0 Å². The highest BCUT2D eigenvalue weighted by molar-refractivity contribution is 7.16. The number of hydrogen-bond acceptors (Lipinski definition) is 6. The lowest BCUT2D eigenvalue weighted by Gasteiger charge is -2.22. The van der Waals surface area contributed by atoms with Crippen molar-refractivity contribution in [1.82, 2.24) is 19.8 Å². The molecule has 0 bridgehead atoms. The average molecular weight is 239 g/mol. The minimum atomic E-state index is -0.694. The molecule has 6 nitrogen and oxygen atoms in total. The molecule has 0 aromatic carbocycles. The maximum Gasteiger partial charge on any atom is 0.234 e. The first-order valence-corrected chi connectivity index (χ1v) is 6.21. The summed E-state index contributed by atoms with van der Waals surface area (Å²) < 4.78 is 1.75. The lowest BCUT2D eigenvalue weighted by Crippen LogP contribution is -2.14. The Morgan fingerprint density at radius 1 is 1.50 bits per heavy atom. The second kappa shape index (κ2) is 3.76. The maximum atomic E-state index is 9.61. The zero-order chi connectivity index (χ0) is 11.1. The van der Waals surface area contributed by atoms with Crippen LogP contribution in [0.1, 0.15) is 42.1 Å². The average Bonchev–Trinajstić information content (AvgIpc) is 2.76. The van der Waals surface area contributed by atoms with E-state index in [1.165, 1.54) is 17.8 Å². The van der Waals surface area contributed by atoms with Crippen LogP contribution >= 0.6 is 11.3 Å². The Hall–Kier alpha value is -1.05. The van der Waals surface area contributed by atoms with Crippen LogP contribution in [0, 0.1) is 0 Å². The van der Waals surface area contributed by atoms with E-state index in [0.717, 1.165) is 23.6 Å². The Balaban J connectivity index is 2.01. The highest BCUT2D eigenvalue weighted by Gasteiger charge is 2.26. The van der Waals surface area contributed by atoms with Gasteiger partial charge in [-0.3, -0.25) is 0 Å². The fourth-order valence-corrected chi connectivity index (χ4v) is 2.65. The first-order chi connectivity index (χ1) is 7.79. The van der Waals surface area contributed by atoms with E-state index in [1.807, 2.05) is 0 Å². The van der Waals surface area contributed by atoms with Crippen molar-refractivity contribution in [2.45, 2.75) is 31.3 Å². The highest BCUT2D eigenvalue weighted by atomic mass is 32.1. The molecule has 7 heteroatoms. The molecule has 1 aliphatic rings. The van der Waals surface area contributed by atoms with Gasteiger partial charge in [0.05, 0.1) is 0 Å². The molecule has 0 saturated heterocycles. The first kappa shape index (κ1) is 10.1. The second-order valence-corrected chi connectivity index (χ2v) is 5.06. The molecule has 16 heavy (non-hydrogen) atoms. The molecule has 1 fully saturated rings. The van der Waals surface area contributed by atoms with E-state index in [0.29, 0.717) is 10.9 Å². The summed E-state index contributed by atoms with van der Waals surface area (Å²) in [4.78, 5) is 0.740. The Morgan fingerprint density at radius 3 is 2.94 bits per heavy atom. The molecule has 2 aromatic rings. The lowest BCUT2D eigenvalue weighted by molar-refractivity contribution is 0.185. The van der Waals surface area contributed by atoms with Gasteiger partial charge in [-0.15, -0.1) is 10.2 Å². The monoisotopic (exact) mass is 239 g/mol. The molecule has 86 valence electrons. The second-order valence-electron chi connectivity index (χ2n) is 4.07. The van der Waals surface area contributed by atoms with Crippen molar-refractivity contribution >= 4 is 16.3 Å².